The van der Waals surface area contributed by atoms with Gasteiger partial charge in [0.2, 0.25) is 11.7 Å². The minimum absolute atomic E-state index is 0.0363. The molecule has 14 heteroatoms. The Morgan fingerprint density at radius 3 is 2.36 bits per heavy atom. The van der Waals surface area contributed by atoms with E-state index < -0.39 is 51.7 Å². The summed E-state index contributed by atoms with van der Waals surface area (Å²) < 4.78 is 49.8. The van der Waals surface area contributed by atoms with Crippen LogP contribution in [0, 0.1) is 10.1 Å². The maximum atomic E-state index is 13.0. The van der Waals surface area contributed by atoms with Crippen molar-refractivity contribution in [3.8, 4) is 17.2 Å². The van der Waals surface area contributed by atoms with Gasteiger partial charge in [-0.15, -0.1) is 0 Å². The van der Waals surface area contributed by atoms with Crippen molar-refractivity contribution in [2.75, 3.05) is 19.0 Å². The van der Waals surface area contributed by atoms with Gasteiger partial charge >= 0.3 is 11.9 Å². The number of carbonyl (C=O) groups is 3. The minimum Gasteiger partial charge on any atom is -0.493 e. The molecule has 1 fully saturated rings. The van der Waals surface area contributed by atoms with E-state index in [4.69, 9.17) is 9.47 Å². The predicted molar refractivity (Wildman–Crippen MR) is 148 cm³/mol. The molecule has 0 radical (unpaired) electrons. The number of nitrogens with zero attached hydrogens (tertiary/aromatic N) is 2. The first-order chi connectivity index (χ1) is 19.9. The summed E-state index contributed by atoms with van der Waals surface area (Å²) in [6, 6.07) is 13.2. The fraction of sp³-hybridized carbons (Fsp3) is 0.179. The van der Waals surface area contributed by atoms with Crippen LogP contribution in [0.4, 0.5) is 29.3 Å². The summed E-state index contributed by atoms with van der Waals surface area (Å²) in [5, 5.41) is 13.4. The van der Waals surface area contributed by atoms with Gasteiger partial charge in [-0.2, -0.15) is 13.2 Å². The largest absolute Gasteiger partial charge is 0.493 e. The number of methoxy groups -OCH3 is 1. The SMILES string of the molecule is CCc1ccc(NC(=O)CN2C(=O)S/C(=C/c3ccc(Oc4ccc(C(F)(F)F)cc4[N+](=O)[O-])c(OC)c3)C2=O)cc1. The Bertz CT molecular complexity index is 1590. The van der Waals surface area contributed by atoms with Crippen LogP contribution in [0.3, 0.4) is 0 Å². The van der Waals surface area contributed by atoms with E-state index in [9.17, 15) is 37.7 Å². The van der Waals surface area contributed by atoms with E-state index in [-0.39, 0.29) is 16.4 Å². The lowest BCUT2D eigenvalue weighted by Gasteiger charge is -2.13. The highest BCUT2D eigenvalue weighted by Gasteiger charge is 2.36. The Morgan fingerprint density at radius 1 is 1.05 bits per heavy atom. The van der Waals surface area contributed by atoms with Crippen LogP contribution in [0.15, 0.2) is 65.6 Å². The highest BCUT2D eigenvalue weighted by Crippen LogP contribution is 2.41. The Kier molecular flexibility index (Phi) is 8.85. The normalized spacial score (nSPS) is 14.3. The fourth-order valence-electron chi connectivity index (χ4n) is 3.85. The van der Waals surface area contributed by atoms with Crippen LogP contribution in [0.2, 0.25) is 0 Å². The first-order valence-corrected chi connectivity index (χ1v) is 13.1. The average Bonchev–Trinajstić information content (AvgIpc) is 3.20. The zero-order valence-corrected chi connectivity index (χ0v) is 22.9. The second-order valence-electron chi connectivity index (χ2n) is 8.82. The molecule has 0 aliphatic carbocycles. The van der Waals surface area contributed by atoms with Crippen molar-refractivity contribution in [3.63, 3.8) is 0 Å². The molecule has 1 aliphatic rings. The van der Waals surface area contributed by atoms with Crippen LogP contribution < -0.4 is 14.8 Å². The number of rotatable bonds is 9. The number of halogens is 3. The molecule has 3 aromatic rings. The number of thioether (sulfide) groups is 1. The number of hydrogen-bond acceptors (Lipinski definition) is 8. The number of aryl methyl sites for hydroxylation is 1. The summed E-state index contributed by atoms with van der Waals surface area (Å²) >= 11 is 0.638. The van der Waals surface area contributed by atoms with Gasteiger partial charge in [0.25, 0.3) is 11.1 Å². The third-order valence-electron chi connectivity index (χ3n) is 6.01. The van der Waals surface area contributed by atoms with E-state index >= 15 is 0 Å². The van der Waals surface area contributed by atoms with E-state index in [1.165, 1.54) is 31.4 Å². The summed E-state index contributed by atoms with van der Waals surface area (Å²) in [7, 11) is 1.27. The van der Waals surface area contributed by atoms with Crippen molar-refractivity contribution in [2.45, 2.75) is 19.5 Å². The Balaban J connectivity index is 1.49. The van der Waals surface area contributed by atoms with Crippen molar-refractivity contribution in [1.29, 1.82) is 0 Å². The zero-order valence-electron chi connectivity index (χ0n) is 22.1. The second kappa shape index (κ2) is 12.3. The molecule has 3 aromatic carbocycles. The van der Waals surface area contributed by atoms with Gasteiger partial charge in [-0.1, -0.05) is 25.1 Å². The third kappa shape index (κ3) is 6.89. The molecular weight excluding hydrogens is 579 g/mol. The van der Waals surface area contributed by atoms with Crippen molar-refractivity contribution < 1.29 is 42.0 Å². The number of nitro benzene ring substituents is 1. The number of hydrogen-bond donors (Lipinski definition) is 1. The number of benzene rings is 3. The highest BCUT2D eigenvalue weighted by molar-refractivity contribution is 8.18. The molecule has 4 rings (SSSR count). The number of imide groups is 1. The number of carbonyl (C=O) groups excluding carboxylic acids is 3. The quantitative estimate of drug-likeness (QED) is 0.164. The molecule has 0 bridgehead atoms. The number of amides is 3. The molecule has 1 N–H and O–H groups in total. The molecule has 0 atom stereocenters. The minimum atomic E-state index is -4.78. The highest BCUT2D eigenvalue weighted by atomic mass is 32.2. The van der Waals surface area contributed by atoms with Crippen molar-refractivity contribution >= 4 is 46.3 Å². The number of ether oxygens (including phenoxy) is 2. The molecule has 10 nitrogen and oxygen atoms in total. The maximum Gasteiger partial charge on any atom is 0.416 e. The lowest BCUT2D eigenvalue weighted by molar-refractivity contribution is -0.385. The molecule has 0 saturated carbocycles. The summed E-state index contributed by atoms with van der Waals surface area (Å²) in [5.74, 6) is -1.68. The second-order valence-corrected chi connectivity index (χ2v) is 9.81. The van der Waals surface area contributed by atoms with Crippen molar-refractivity contribution in [2.24, 2.45) is 0 Å². The van der Waals surface area contributed by atoms with E-state index in [2.05, 4.69) is 5.32 Å². The molecular formula is C28H22F3N3O7S. The standard InChI is InChI=1S/C28H22F3N3O7S/c1-3-16-4-8-19(9-5-16)32-25(35)15-33-26(36)24(42-27(33)37)13-17-6-10-22(23(12-17)40-2)41-21-11-7-18(28(29,30)31)14-20(21)34(38)39/h4-14H,3,15H2,1-2H3,(H,32,35)/b24-13+. The molecule has 1 heterocycles. The van der Waals surface area contributed by atoms with Gasteiger partial charge in [-0.3, -0.25) is 29.4 Å². The smallest absolute Gasteiger partial charge is 0.416 e. The van der Waals surface area contributed by atoms with Gasteiger partial charge < -0.3 is 14.8 Å². The summed E-state index contributed by atoms with van der Waals surface area (Å²) in [6.45, 7) is 1.51. The van der Waals surface area contributed by atoms with Gasteiger partial charge in [-0.25, -0.2) is 0 Å². The van der Waals surface area contributed by atoms with Crippen LogP contribution >= 0.6 is 11.8 Å². The van der Waals surface area contributed by atoms with Crippen LogP contribution in [-0.4, -0.2) is 40.5 Å². The van der Waals surface area contributed by atoms with Crippen LogP contribution in [-0.2, 0) is 22.2 Å². The molecule has 0 spiro atoms. The molecule has 0 aromatic heterocycles. The average molecular weight is 602 g/mol. The lowest BCUT2D eigenvalue weighted by Crippen LogP contribution is -2.36. The Morgan fingerprint density at radius 2 is 1.74 bits per heavy atom. The third-order valence-corrected chi connectivity index (χ3v) is 6.92. The summed E-state index contributed by atoms with van der Waals surface area (Å²) in [6.07, 6.45) is -2.56. The fourth-order valence-corrected chi connectivity index (χ4v) is 4.69. The van der Waals surface area contributed by atoms with E-state index in [1.807, 2.05) is 19.1 Å². The summed E-state index contributed by atoms with van der Waals surface area (Å²) in [5.41, 5.74) is -0.114. The van der Waals surface area contributed by atoms with Crippen LogP contribution in [0.1, 0.15) is 23.6 Å². The number of anilines is 1. The maximum absolute atomic E-state index is 13.0. The van der Waals surface area contributed by atoms with Gasteiger partial charge in [-0.05, 0) is 71.8 Å². The number of alkyl halides is 3. The Hall–Kier alpha value is -4.85. The van der Waals surface area contributed by atoms with E-state index in [0.29, 0.717) is 35.1 Å². The predicted octanol–water partition coefficient (Wildman–Crippen LogP) is 6.65. The molecule has 3 amide bonds. The summed E-state index contributed by atoms with van der Waals surface area (Å²) in [4.78, 5) is 49.1. The number of nitro groups is 1. The van der Waals surface area contributed by atoms with Crippen LogP contribution in [0.25, 0.3) is 6.08 Å². The molecule has 218 valence electrons. The van der Waals surface area contributed by atoms with Gasteiger partial charge in [0.05, 0.1) is 22.5 Å². The van der Waals surface area contributed by atoms with Gasteiger partial charge in [0.1, 0.15) is 6.54 Å². The first kappa shape index (κ1) is 30.1. The first-order valence-electron chi connectivity index (χ1n) is 12.2. The van der Waals surface area contributed by atoms with Crippen molar-refractivity contribution in [3.05, 3.63) is 92.4 Å². The van der Waals surface area contributed by atoms with Gasteiger partial charge in [0, 0.05) is 11.8 Å². The van der Waals surface area contributed by atoms with Crippen LogP contribution in [0.5, 0.6) is 17.2 Å². The molecule has 42 heavy (non-hydrogen) atoms. The molecule has 0 unspecified atom stereocenters. The zero-order chi connectivity index (χ0) is 30.6. The monoisotopic (exact) mass is 601 g/mol. The van der Waals surface area contributed by atoms with E-state index in [1.54, 1.807) is 12.1 Å². The molecule has 1 saturated heterocycles. The van der Waals surface area contributed by atoms with Gasteiger partial charge in [0.15, 0.2) is 11.5 Å². The Labute approximate surface area is 241 Å². The lowest BCUT2D eigenvalue weighted by atomic mass is 10.1. The molecule has 1 aliphatic heterocycles. The topological polar surface area (TPSA) is 128 Å². The van der Waals surface area contributed by atoms with E-state index in [0.717, 1.165) is 23.0 Å². The van der Waals surface area contributed by atoms with Crippen molar-refractivity contribution in [1.82, 2.24) is 4.90 Å². The number of nitrogens with one attached hydrogen (secondary N) is 1.